The molecular formula is C24H20F2N2O2. The number of nitrogens with two attached hydrogens (primary N) is 1. The second kappa shape index (κ2) is 7.71. The van der Waals surface area contributed by atoms with Crippen molar-refractivity contribution < 1.29 is 18.4 Å². The SMILES string of the molecule is NC(=O)C(c1ccccc1)N(C(=O)c1ccccc1)C1CC(F)(F)c2ccccc21. The summed E-state index contributed by atoms with van der Waals surface area (Å²) in [5.41, 5.74) is 6.69. The Morgan fingerprint density at radius 3 is 2.10 bits per heavy atom. The Labute approximate surface area is 172 Å². The van der Waals surface area contributed by atoms with E-state index in [1.807, 2.05) is 0 Å². The van der Waals surface area contributed by atoms with Crippen molar-refractivity contribution in [1.82, 2.24) is 4.90 Å². The van der Waals surface area contributed by atoms with Gasteiger partial charge in [0, 0.05) is 17.5 Å². The zero-order chi connectivity index (χ0) is 21.3. The number of nitrogens with zero attached hydrogens (tertiary/aromatic N) is 1. The summed E-state index contributed by atoms with van der Waals surface area (Å²) < 4.78 is 29.7. The Balaban J connectivity index is 1.89. The molecule has 1 aliphatic rings. The van der Waals surface area contributed by atoms with Crippen LogP contribution in [0.1, 0.15) is 45.6 Å². The molecule has 0 aliphatic heterocycles. The van der Waals surface area contributed by atoms with E-state index in [4.69, 9.17) is 5.73 Å². The van der Waals surface area contributed by atoms with Gasteiger partial charge in [0.15, 0.2) is 0 Å². The van der Waals surface area contributed by atoms with E-state index in [0.29, 0.717) is 16.7 Å². The lowest BCUT2D eigenvalue weighted by Gasteiger charge is -2.35. The lowest BCUT2D eigenvalue weighted by atomic mass is 9.98. The fourth-order valence-electron chi connectivity index (χ4n) is 4.10. The lowest BCUT2D eigenvalue weighted by Crippen LogP contribution is -2.43. The van der Waals surface area contributed by atoms with Crippen molar-refractivity contribution in [1.29, 1.82) is 0 Å². The largest absolute Gasteiger partial charge is 0.368 e. The molecule has 2 unspecified atom stereocenters. The summed E-state index contributed by atoms with van der Waals surface area (Å²) in [6.45, 7) is 0. The summed E-state index contributed by atoms with van der Waals surface area (Å²) in [5.74, 6) is -4.42. The Kier molecular flexibility index (Phi) is 5.08. The van der Waals surface area contributed by atoms with Crippen LogP contribution in [0.15, 0.2) is 84.9 Å². The molecular weight excluding hydrogens is 386 g/mol. The second-order valence-corrected chi connectivity index (χ2v) is 7.31. The van der Waals surface area contributed by atoms with Gasteiger partial charge in [0.25, 0.3) is 11.8 Å². The van der Waals surface area contributed by atoms with E-state index in [1.165, 1.54) is 11.0 Å². The molecule has 4 rings (SSSR count). The Hall–Kier alpha value is -3.54. The van der Waals surface area contributed by atoms with E-state index < -0.39 is 36.2 Å². The molecule has 1 aliphatic carbocycles. The van der Waals surface area contributed by atoms with Crippen LogP contribution in [-0.4, -0.2) is 16.7 Å². The quantitative estimate of drug-likeness (QED) is 0.674. The Morgan fingerprint density at radius 2 is 1.47 bits per heavy atom. The van der Waals surface area contributed by atoms with E-state index in [9.17, 15) is 18.4 Å². The average Bonchev–Trinajstić information content (AvgIpc) is 3.03. The zero-order valence-electron chi connectivity index (χ0n) is 16.0. The van der Waals surface area contributed by atoms with Gasteiger partial charge in [-0.15, -0.1) is 0 Å². The van der Waals surface area contributed by atoms with Crippen LogP contribution in [0.3, 0.4) is 0 Å². The maximum absolute atomic E-state index is 14.8. The smallest absolute Gasteiger partial charge is 0.275 e. The van der Waals surface area contributed by atoms with Crippen molar-refractivity contribution in [2.45, 2.75) is 24.4 Å². The number of carbonyl (C=O) groups excluding carboxylic acids is 2. The Bertz CT molecular complexity index is 1070. The number of alkyl halides is 2. The van der Waals surface area contributed by atoms with E-state index in [0.717, 1.165) is 0 Å². The minimum absolute atomic E-state index is 0.128. The first-order chi connectivity index (χ1) is 14.4. The molecule has 0 radical (unpaired) electrons. The number of hydrogen-bond donors (Lipinski definition) is 1. The van der Waals surface area contributed by atoms with Crippen LogP contribution in [0.2, 0.25) is 0 Å². The maximum atomic E-state index is 14.8. The van der Waals surface area contributed by atoms with Gasteiger partial charge in [-0.2, -0.15) is 0 Å². The molecule has 3 aromatic rings. The molecule has 0 saturated carbocycles. The lowest BCUT2D eigenvalue weighted by molar-refractivity contribution is -0.124. The van der Waals surface area contributed by atoms with Gasteiger partial charge in [-0.05, 0) is 23.3 Å². The van der Waals surface area contributed by atoms with E-state index >= 15 is 0 Å². The molecule has 0 bridgehead atoms. The van der Waals surface area contributed by atoms with Gasteiger partial charge in [0.1, 0.15) is 6.04 Å². The number of rotatable bonds is 5. The minimum Gasteiger partial charge on any atom is -0.368 e. The molecule has 0 spiro atoms. The molecule has 0 saturated heterocycles. The highest BCUT2D eigenvalue weighted by atomic mass is 19.3. The van der Waals surface area contributed by atoms with E-state index in [1.54, 1.807) is 78.9 Å². The summed E-state index contributed by atoms with van der Waals surface area (Å²) >= 11 is 0. The van der Waals surface area contributed by atoms with Crippen molar-refractivity contribution >= 4 is 11.8 Å². The molecule has 0 fully saturated rings. The first-order valence-corrected chi connectivity index (χ1v) is 9.59. The summed E-state index contributed by atoms with van der Waals surface area (Å²) in [6, 6.07) is 20.8. The summed E-state index contributed by atoms with van der Waals surface area (Å²) in [4.78, 5) is 27.3. The predicted molar refractivity (Wildman–Crippen MR) is 109 cm³/mol. The van der Waals surface area contributed by atoms with Crippen LogP contribution in [0.5, 0.6) is 0 Å². The number of fused-ring (bicyclic) bond motifs is 1. The normalized spacial score (nSPS) is 17.7. The van der Waals surface area contributed by atoms with Crippen molar-refractivity contribution in [2.75, 3.05) is 0 Å². The summed E-state index contributed by atoms with van der Waals surface area (Å²) in [6.07, 6.45) is -0.610. The molecule has 3 aromatic carbocycles. The van der Waals surface area contributed by atoms with E-state index in [-0.39, 0.29) is 5.56 Å². The van der Waals surface area contributed by atoms with Crippen molar-refractivity contribution in [3.63, 3.8) is 0 Å². The van der Waals surface area contributed by atoms with Crippen LogP contribution < -0.4 is 5.73 Å². The number of primary amides is 1. The fraction of sp³-hybridized carbons (Fsp3) is 0.167. The number of benzene rings is 3. The third-order valence-electron chi connectivity index (χ3n) is 5.42. The van der Waals surface area contributed by atoms with Crippen LogP contribution in [0.4, 0.5) is 8.78 Å². The first-order valence-electron chi connectivity index (χ1n) is 9.59. The molecule has 2 atom stereocenters. The third-order valence-corrected chi connectivity index (χ3v) is 5.42. The number of amides is 2. The van der Waals surface area contributed by atoms with Crippen molar-refractivity contribution in [3.05, 3.63) is 107 Å². The topological polar surface area (TPSA) is 63.4 Å². The van der Waals surface area contributed by atoms with Gasteiger partial charge >= 0.3 is 0 Å². The van der Waals surface area contributed by atoms with Crippen LogP contribution in [0, 0.1) is 0 Å². The number of halogens is 2. The van der Waals surface area contributed by atoms with Crippen LogP contribution >= 0.6 is 0 Å². The molecule has 2 amide bonds. The van der Waals surface area contributed by atoms with E-state index in [2.05, 4.69) is 0 Å². The zero-order valence-corrected chi connectivity index (χ0v) is 16.0. The highest BCUT2D eigenvalue weighted by Crippen LogP contribution is 2.51. The van der Waals surface area contributed by atoms with Crippen molar-refractivity contribution in [3.8, 4) is 0 Å². The Morgan fingerprint density at radius 1 is 0.900 bits per heavy atom. The third kappa shape index (κ3) is 3.45. The van der Waals surface area contributed by atoms with Gasteiger partial charge < -0.3 is 10.6 Å². The molecule has 30 heavy (non-hydrogen) atoms. The molecule has 0 aromatic heterocycles. The molecule has 6 heteroatoms. The maximum Gasteiger partial charge on any atom is 0.275 e. The standard InChI is InChI=1S/C24H20F2N2O2/c25-24(26)15-20(18-13-7-8-14-19(18)24)28(23(30)17-11-5-2-6-12-17)21(22(27)29)16-9-3-1-4-10-16/h1-14,20-21H,15H2,(H2,27,29). The highest BCUT2D eigenvalue weighted by molar-refractivity contribution is 5.98. The molecule has 0 heterocycles. The first kappa shape index (κ1) is 19.8. The van der Waals surface area contributed by atoms with Gasteiger partial charge in [0.2, 0.25) is 5.91 Å². The minimum atomic E-state index is -3.12. The molecule has 2 N–H and O–H groups in total. The number of carbonyl (C=O) groups is 2. The average molecular weight is 406 g/mol. The van der Waals surface area contributed by atoms with Crippen LogP contribution in [0.25, 0.3) is 0 Å². The number of hydrogen-bond acceptors (Lipinski definition) is 2. The second-order valence-electron chi connectivity index (χ2n) is 7.31. The molecule has 4 nitrogen and oxygen atoms in total. The van der Waals surface area contributed by atoms with Gasteiger partial charge in [-0.1, -0.05) is 72.8 Å². The summed E-state index contributed by atoms with van der Waals surface area (Å²) in [7, 11) is 0. The monoisotopic (exact) mass is 406 g/mol. The van der Waals surface area contributed by atoms with Gasteiger partial charge in [-0.3, -0.25) is 9.59 Å². The fourth-order valence-corrected chi connectivity index (χ4v) is 4.10. The highest BCUT2D eigenvalue weighted by Gasteiger charge is 2.50. The molecule has 152 valence electrons. The van der Waals surface area contributed by atoms with Gasteiger partial charge in [-0.25, -0.2) is 8.78 Å². The van der Waals surface area contributed by atoms with Gasteiger partial charge in [0.05, 0.1) is 6.04 Å². The van der Waals surface area contributed by atoms with Crippen LogP contribution in [-0.2, 0) is 10.7 Å². The predicted octanol–water partition coefficient (Wildman–Crippen LogP) is 4.59. The summed E-state index contributed by atoms with van der Waals surface area (Å²) in [5, 5.41) is 0. The van der Waals surface area contributed by atoms with Crippen molar-refractivity contribution in [2.24, 2.45) is 5.73 Å².